The zero-order chi connectivity index (χ0) is 30.8. The summed E-state index contributed by atoms with van der Waals surface area (Å²) in [5.41, 5.74) is 3.86. The van der Waals surface area contributed by atoms with E-state index in [9.17, 15) is 18.9 Å². The van der Waals surface area contributed by atoms with Crippen molar-refractivity contribution in [1.82, 2.24) is 0 Å². The average molecular weight is 807 g/mol. The Hall–Kier alpha value is -3.65. The monoisotopic (exact) mass is 807 g/mol. The average Bonchev–Trinajstić information content (AvgIpc) is 3.07. The molecule has 2 atom stereocenters. The second kappa shape index (κ2) is 16.1. The molecule has 45 heavy (non-hydrogen) atoms. The van der Waals surface area contributed by atoms with Gasteiger partial charge in [-0.3, -0.25) is 0 Å². The van der Waals surface area contributed by atoms with Gasteiger partial charge in [-0.05, 0) is 35.1 Å². The van der Waals surface area contributed by atoms with Gasteiger partial charge >= 0.3 is 0 Å². The SMILES string of the molecule is O=P([O-])(c1ccccc1)c1ccccc1Cc1ccccc1.O=P([O-])(c1ccccc1)c1ccccc1Cc1ccccc1.[Ir]. The van der Waals surface area contributed by atoms with Crippen molar-refractivity contribution in [3.05, 3.63) is 192 Å². The second-order valence-electron chi connectivity index (χ2n) is 10.4. The Morgan fingerprint density at radius 1 is 0.378 bits per heavy atom. The van der Waals surface area contributed by atoms with Gasteiger partial charge in [-0.15, -0.1) is 0 Å². The molecule has 4 nitrogen and oxygen atoms in total. The fraction of sp³-hybridized carbons (Fsp3) is 0.0526. The second-order valence-corrected chi connectivity index (χ2v) is 14.6. The van der Waals surface area contributed by atoms with Gasteiger partial charge in [-0.2, -0.15) is 0 Å². The van der Waals surface area contributed by atoms with Crippen molar-refractivity contribution in [2.24, 2.45) is 0 Å². The predicted octanol–water partition coefficient (Wildman–Crippen LogP) is 5.73. The molecule has 0 aliphatic carbocycles. The summed E-state index contributed by atoms with van der Waals surface area (Å²) in [6, 6.07) is 51.5. The number of benzene rings is 6. The summed E-state index contributed by atoms with van der Waals surface area (Å²) in [4.78, 5) is 25.7. The van der Waals surface area contributed by atoms with Gasteiger partial charge in [0.05, 0.1) is 14.7 Å². The van der Waals surface area contributed by atoms with Gasteiger partial charge in [0.15, 0.2) is 0 Å². The van der Waals surface area contributed by atoms with Gasteiger partial charge in [0.1, 0.15) is 0 Å². The molecule has 0 saturated carbocycles. The van der Waals surface area contributed by atoms with Gasteiger partial charge in [-0.1, -0.05) is 170 Å². The van der Waals surface area contributed by atoms with Crippen LogP contribution in [0, 0.1) is 0 Å². The smallest absolute Gasteiger partial charge is 0.0723 e. The molecule has 6 aromatic carbocycles. The molecule has 0 saturated heterocycles. The standard InChI is InChI=1S/2C19H17O2P.Ir/c2*20-22(21,18-12-5-2-6-13-18)19-14-8-7-11-17(19)15-16-9-3-1-4-10-16;/h2*1-14H,15H2,(H,20,21);/p-2. The van der Waals surface area contributed by atoms with Crippen LogP contribution in [-0.4, -0.2) is 0 Å². The Bertz CT molecular complexity index is 1740. The van der Waals surface area contributed by atoms with E-state index >= 15 is 0 Å². The topological polar surface area (TPSA) is 80.3 Å². The molecular formula is C38H32IrO4P2-2. The molecule has 0 heterocycles. The maximum Gasteiger partial charge on any atom is 0.0723 e. The van der Waals surface area contributed by atoms with Crippen LogP contribution >= 0.6 is 14.7 Å². The molecule has 6 aromatic rings. The van der Waals surface area contributed by atoms with Gasteiger partial charge in [0.25, 0.3) is 0 Å². The van der Waals surface area contributed by atoms with Gasteiger partial charge in [-0.25, -0.2) is 0 Å². The molecule has 7 heteroatoms. The molecule has 2 unspecified atom stereocenters. The molecule has 0 aliphatic rings. The third-order valence-corrected chi connectivity index (χ3v) is 11.4. The Kier molecular flexibility index (Phi) is 12.2. The van der Waals surface area contributed by atoms with E-state index in [1.807, 2.05) is 97.1 Å². The van der Waals surface area contributed by atoms with E-state index in [0.29, 0.717) is 34.1 Å². The minimum atomic E-state index is -3.82. The first-order chi connectivity index (χ1) is 21.4. The minimum absolute atomic E-state index is 0. The normalized spacial score (nSPS) is 13.2. The van der Waals surface area contributed by atoms with Crippen LogP contribution in [-0.2, 0) is 42.1 Å². The summed E-state index contributed by atoms with van der Waals surface area (Å²) >= 11 is 0. The Balaban J connectivity index is 0.000000200. The molecule has 0 amide bonds. The largest absolute Gasteiger partial charge is 0.793 e. The molecule has 0 fully saturated rings. The molecule has 0 aromatic heterocycles. The summed E-state index contributed by atoms with van der Waals surface area (Å²) in [5.74, 6) is 0. The number of hydrogen-bond acceptors (Lipinski definition) is 4. The zero-order valence-electron chi connectivity index (χ0n) is 24.4. The van der Waals surface area contributed by atoms with Crippen molar-refractivity contribution in [3.8, 4) is 0 Å². The van der Waals surface area contributed by atoms with Crippen molar-refractivity contribution in [3.63, 3.8) is 0 Å². The van der Waals surface area contributed by atoms with E-state index in [0.717, 1.165) is 22.3 Å². The number of hydrogen-bond donors (Lipinski definition) is 0. The van der Waals surface area contributed by atoms with Gasteiger partial charge in [0.2, 0.25) is 0 Å². The van der Waals surface area contributed by atoms with Gasteiger partial charge in [0, 0.05) is 41.3 Å². The third kappa shape index (κ3) is 8.75. The number of rotatable bonds is 8. The van der Waals surface area contributed by atoms with Crippen molar-refractivity contribution >= 4 is 36.0 Å². The molecule has 6 rings (SSSR count). The Morgan fingerprint density at radius 2 is 0.644 bits per heavy atom. The van der Waals surface area contributed by atoms with Crippen molar-refractivity contribution in [2.75, 3.05) is 0 Å². The third-order valence-electron chi connectivity index (χ3n) is 7.28. The first kappa shape index (κ1) is 34.2. The van der Waals surface area contributed by atoms with Crippen LogP contribution in [0.2, 0.25) is 0 Å². The Morgan fingerprint density at radius 3 is 0.978 bits per heavy atom. The first-order valence-electron chi connectivity index (χ1n) is 14.3. The van der Waals surface area contributed by atoms with E-state index in [1.54, 1.807) is 72.8 Å². The van der Waals surface area contributed by atoms with Crippen LogP contribution < -0.4 is 31.0 Å². The van der Waals surface area contributed by atoms with E-state index < -0.39 is 14.7 Å². The zero-order valence-corrected chi connectivity index (χ0v) is 28.6. The minimum Gasteiger partial charge on any atom is -0.793 e. The van der Waals surface area contributed by atoms with Crippen LogP contribution in [0.4, 0.5) is 0 Å². The van der Waals surface area contributed by atoms with Crippen LogP contribution in [0.3, 0.4) is 0 Å². The first-order valence-corrected chi connectivity index (χ1v) is 17.6. The molecule has 229 valence electrons. The summed E-state index contributed by atoms with van der Waals surface area (Å²) in [6.45, 7) is 0. The summed E-state index contributed by atoms with van der Waals surface area (Å²) in [5, 5.41) is 1.53. The quantitative estimate of drug-likeness (QED) is 0.184. The maximum absolute atomic E-state index is 12.9. The fourth-order valence-electron chi connectivity index (χ4n) is 5.05. The molecule has 1 radical (unpaired) electrons. The van der Waals surface area contributed by atoms with Crippen molar-refractivity contribution < 1.29 is 39.0 Å². The summed E-state index contributed by atoms with van der Waals surface area (Å²) in [6.07, 6.45) is 1.21. The summed E-state index contributed by atoms with van der Waals surface area (Å²) in [7, 11) is -7.64. The molecular weight excluding hydrogens is 775 g/mol. The van der Waals surface area contributed by atoms with E-state index in [-0.39, 0.29) is 20.1 Å². The van der Waals surface area contributed by atoms with Crippen LogP contribution in [0.5, 0.6) is 0 Å². The molecule has 0 aliphatic heterocycles. The van der Waals surface area contributed by atoms with Crippen LogP contribution in [0.25, 0.3) is 0 Å². The molecule has 0 spiro atoms. The maximum atomic E-state index is 12.9. The van der Waals surface area contributed by atoms with Crippen molar-refractivity contribution in [2.45, 2.75) is 12.8 Å². The van der Waals surface area contributed by atoms with Crippen molar-refractivity contribution in [1.29, 1.82) is 0 Å². The fourth-order valence-corrected chi connectivity index (χ4v) is 8.37. The van der Waals surface area contributed by atoms with Gasteiger partial charge < -0.3 is 18.9 Å². The van der Waals surface area contributed by atoms with Crippen LogP contribution in [0.1, 0.15) is 22.3 Å². The van der Waals surface area contributed by atoms with Crippen LogP contribution in [0.15, 0.2) is 170 Å². The molecule has 0 N–H and O–H groups in total. The summed E-state index contributed by atoms with van der Waals surface area (Å²) < 4.78 is 25.7. The molecule has 0 bridgehead atoms. The predicted molar refractivity (Wildman–Crippen MR) is 178 cm³/mol. The van der Waals surface area contributed by atoms with E-state index in [4.69, 9.17) is 0 Å². The van der Waals surface area contributed by atoms with E-state index in [1.165, 1.54) is 0 Å². The van der Waals surface area contributed by atoms with E-state index in [2.05, 4.69) is 0 Å². The Labute approximate surface area is 278 Å².